The highest BCUT2D eigenvalue weighted by Crippen LogP contribution is 2.30. The minimum Gasteiger partial charge on any atom is -0.486 e. The predicted molar refractivity (Wildman–Crippen MR) is 113 cm³/mol. The first-order valence-corrected chi connectivity index (χ1v) is 10.6. The Bertz CT molecular complexity index is 830. The van der Waals surface area contributed by atoms with E-state index in [4.69, 9.17) is 14.2 Å². The minimum atomic E-state index is -0.399. The molecule has 1 amide bonds. The lowest BCUT2D eigenvalue weighted by Gasteiger charge is -2.32. The van der Waals surface area contributed by atoms with Crippen LogP contribution in [0.5, 0.6) is 11.5 Å². The van der Waals surface area contributed by atoms with Crippen molar-refractivity contribution in [3.05, 3.63) is 59.7 Å². The molecule has 2 aliphatic rings. The van der Waals surface area contributed by atoms with Crippen molar-refractivity contribution in [2.75, 3.05) is 32.8 Å². The molecule has 1 unspecified atom stereocenters. The Balaban J connectivity index is 1.17. The maximum atomic E-state index is 12.1. The van der Waals surface area contributed by atoms with E-state index in [2.05, 4.69) is 16.8 Å². The summed E-state index contributed by atoms with van der Waals surface area (Å²) in [6.45, 7) is 4.82. The second-order valence-electron chi connectivity index (χ2n) is 7.74. The highest BCUT2D eigenvalue weighted by molar-refractivity contribution is 5.66. The SMILES string of the molecule is O=C(NN1CCCC(CNCc2ccc3c(c2)OCCO3)C1)OCc1ccccc1. The molecule has 2 N–H and O–H groups in total. The van der Waals surface area contributed by atoms with Crippen LogP contribution in [0.2, 0.25) is 0 Å². The summed E-state index contributed by atoms with van der Waals surface area (Å²) in [4.78, 5) is 12.1. The van der Waals surface area contributed by atoms with Gasteiger partial charge in [0, 0.05) is 19.6 Å². The molecule has 0 aliphatic carbocycles. The van der Waals surface area contributed by atoms with Crippen molar-refractivity contribution in [3.8, 4) is 11.5 Å². The smallest absolute Gasteiger partial charge is 0.422 e. The first-order valence-electron chi connectivity index (χ1n) is 10.6. The van der Waals surface area contributed by atoms with Crippen LogP contribution in [0.15, 0.2) is 48.5 Å². The van der Waals surface area contributed by atoms with Gasteiger partial charge in [-0.25, -0.2) is 9.80 Å². The number of nitrogens with zero attached hydrogens (tertiary/aromatic N) is 1. The molecule has 2 aliphatic heterocycles. The number of nitrogens with one attached hydrogen (secondary N) is 2. The summed E-state index contributed by atoms with van der Waals surface area (Å²) >= 11 is 0. The van der Waals surface area contributed by atoms with E-state index in [0.29, 0.717) is 19.1 Å². The van der Waals surface area contributed by atoms with Crippen molar-refractivity contribution in [2.24, 2.45) is 5.92 Å². The van der Waals surface area contributed by atoms with Gasteiger partial charge in [0.05, 0.1) is 0 Å². The molecular weight excluding hydrogens is 382 g/mol. The number of carbonyl (C=O) groups excluding carboxylic acids is 1. The van der Waals surface area contributed by atoms with Crippen LogP contribution in [0.1, 0.15) is 24.0 Å². The third-order valence-electron chi connectivity index (χ3n) is 5.35. The molecule has 0 bridgehead atoms. The number of carbonyl (C=O) groups is 1. The van der Waals surface area contributed by atoms with Gasteiger partial charge in [0.2, 0.25) is 0 Å². The van der Waals surface area contributed by atoms with Gasteiger partial charge < -0.3 is 19.5 Å². The van der Waals surface area contributed by atoms with Gasteiger partial charge in [-0.2, -0.15) is 0 Å². The van der Waals surface area contributed by atoms with Crippen molar-refractivity contribution in [2.45, 2.75) is 26.0 Å². The topological polar surface area (TPSA) is 72.1 Å². The van der Waals surface area contributed by atoms with Gasteiger partial charge >= 0.3 is 6.09 Å². The molecule has 1 fully saturated rings. The number of rotatable bonds is 7. The molecule has 2 aromatic rings. The molecule has 0 spiro atoms. The lowest BCUT2D eigenvalue weighted by Crippen LogP contribution is -2.49. The Kier molecular flexibility index (Phi) is 7.05. The van der Waals surface area contributed by atoms with Crippen LogP contribution in [0, 0.1) is 5.92 Å². The molecule has 4 rings (SSSR count). The summed E-state index contributed by atoms with van der Waals surface area (Å²) in [5, 5.41) is 5.50. The van der Waals surface area contributed by atoms with E-state index >= 15 is 0 Å². The average Bonchev–Trinajstić information content (AvgIpc) is 2.79. The average molecular weight is 412 g/mol. The second kappa shape index (κ2) is 10.3. The number of ether oxygens (including phenoxy) is 3. The third-order valence-corrected chi connectivity index (χ3v) is 5.35. The van der Waals surface area contributed by atoms with E-state index in [1.807, 2.05) is 47.5 Å². The van der Waals surface area contributed by atoms with Crippen LogP contribution in [0.25, 0.3) is 0 Å². The number of hydrogen-bond acceptors (Lipinski definition) is 6. The number of hydrogen-bond donors (Lipinski definition) is 2. The predicted octanol–water partition coefficient (Wildman–Crippen LogP) is 3.10. The minimum absolute atomic E-state index is 0.279. The maximum absolute atomic E-state index is 12.1. The molecular formula is C23H29N3O4. The Morgan fingerprint density at radius 3 is 2.77 bits per heavy atom. The molecule has 2 aromatic carbocycles. The largest absolute Gasteiger partial charge is 0.486 e. The molecule has 7 nitrogen and oxygen atoms in total. The molecule has 0 radical (unpaired) electrons. The van der Waals surface area contributed by atoms with Gasteiger partial charge in [0.25, 0.3) is 0 Å². The number of piperidine rings is 1. The van der Waals surface area contributed by atoms with Crippen LogP contribution >= 0.6 is 0 Å². The van der Waals surface area contributed by atoms with E-state index in [-0.39, 0.29) is 6.61 Å². The first-order chi connectivity index (χ1) is 14.8. The van der Waals surface area contributed by atoms with Crippen LogP contribution in [0.3, 0.4) is 0 Å². The summed E-state index contributed by atoms with van der Waals surface area (Å²) in [7, 11) is 0. The molecule has 1 saturated heterocycles. The van der Waals surface area contributed by atoms with Crippen molar-refractivity contribution in [3.63, 3.8) is 0 Å². The zero-order valence-electron chi connectivity index (χ0n) is 17.1. The monoisotopic (exact) mass is 411 g/mol. The van der Waals surface area contributed by atoms with Gasteiger partial charge in [0.15, 0.2) is 11.5 Å². The highest BCUT2D eigenvalue weighted by atomic mass is 16.6. The van der Waals surface area contributed by atoms with Gasteiger partial charge in [-0.05, 0) is 48.6 Å². The summed E-state index contributed by atoms with van der Waals surface area (Å²) < 4.78 is 16.5. The molecule has 0 saturated carbocycles. The molecule has 0 aromatic heterocycles. The van der Waals surface area contributed by atoms with Gasteiger partial charge in [-0.15, -0.1) is 0 Å². The van der Waals surface area contributed by atoms with E-state index in [1.54, 1.807) is 0 Å². The van der Waals surface area contributed by atoms with E-state index < -0.39 is 6.09 Å². The fourth-order valence-electron chi connectivity index (χ4n) is 3.84. The fraction of sp³-hybridized carbons (Fsp3) is 0.435. The quantitative estimate of drug-likeness (QED) is 0.730. The Labute approximate surface area is 177 Å². The lowest BCUT2D eigenvalue weighted by atomic mass is 9.99. The van der Waals surface area contributed by atoms with Crippen molar-refractivity contribution in [1.82, 2.24) is 15.8 Å². The second-order valence-corrected chi connectivity index (χ2v) is 7.74. The van der Waals surface area contributed by atoms with Crippen molar-refractivity contribution >= 4 is 6.09 Å². The lowest BCUT2D eigenvalue weighted by molar-refractivity contribution is 0.0763. The summed E-state index contributed by atoms with van der Waals surface area (Å²) in [6.07, 6.45) is 1.80. The Morgan fingerprint density at radius 1 is 1.07 bits per heavy atom. The third kappa shape index (κ3) is 5.87. The highest BCUT2D eigenvalue weighted by Gasteiger charge is 2.21. The fourth-order valence-corrected chi connectivity index (χ4v) is 3.84. The molecule has 30 heavy (non-hydrogen) atoms. The summed E-state index contributed by atoms with van der Waals surface area (Å²) in [5.41, 5.74) is 5.03. The van der Waals surface area contributed by atoms with Crippen LogP contribution in [-0.2, 0) is 17.9 Å². The summed E-state index contributed by atoms with van der Waals surface area (Å²) in [5.74, 6) is 2.12. The Morgan fingerprint density at radius 2 is 1.90 bits per heavy atom. The van der Waals surface area contributed by atoms with Crippen LogP contribution in [0.4, 0.5) is 4.79 Å². The summed E-state index contributed by atoms with van der Waals surface area (Å²) in [6, 6.07) is 15.8. The molecule has 2 heterocycles. The number of amides is 1. The van der Waals surface area contributed by atoms with Gasteiger partial charge in [-0.1, -0.05) is 36.4 Å². The Hall–Kier alpha value is -2.77. The van der Waals surface area contributed by atoms with E-state index in [1.165, 1.54) is 5.56 Å². The number of fused-ring (bicyclic) bond motifs is 1. The van der Waals surface area contributed by atoms with Crippen LogP contribution in [-0.4, -0.2) is 44.0 Å². The number of hydrazine groups is 1. The van der Waals surface area contributed by atoms with E-state index in [9.17, 15) is 4.79 Å². The standard InChI is InChI=1S/C23H29N3O4/c27-23(30-17-18-5-2-1-3-6-18)25-26-10-4-7-20(16-26)15-24-14-19-8-9-21-22(13-19)29-12-11-28-21/h1-3,5-6,8-9,13,20,24H,4,7,10-12,14-17H2,(H,25,27). The van der Waals surface area contributed by atoms with Gasteiger partial charge in [0.1, 0.15) is 19.8 Å². The zero-order valence-corrected chi connectivity index (χ0v) is 17.1. The molecule has 7 heteroatoms. The molecule has 1 atom stereocenters. The van der Waals surface area contributed by atoms with Crippen molar-refractivity contribution < 1.29 is 19.0 Å². The molecule has 160 valence electrons. The van der Waals surface area contributed by atoms with Gasteiger partial charge in [-0.3, -0.25) is 5.43 Å². The van der Waals surface area contributed by atoms with Crippen LogP contribution < -0.4 is 20.2 Å². The zero-order chi connectivity index (χ0) is 20.6. The maximum Gasteiger partial charge on any atom is 0.422 e. The number of benzene rings is 2. The van der Waals surface area contributed by atoms with Crippen molar-refractivity contribution in [1.29, 1.82) is 0 Å². The normalized spacial score (nSPS) is 18.6. The van der Waals surface area contributed by atoms with E-state index in [0.717, 1.165) is 56.1 Å². The first kappa shape index (κ1) is 20.5.